The molecule has 0 radical (unpaired) electrons. The van der Waals surface area contributed by atoms with E-state index in [1.807, 2.05) is 49.4 Å². The number of ether oxygens (including phenoxy) is 2. The van der Waals surface area contributed by atoms with E-state index in [1.54, 1.807) is 0 Å². The third-order valence-corrected chi connectivity index (χ3v) is 6.93. The molecule has 0 bridgehead atoms. The van der Waals surface area contributed by atoms with Crippen LogP contribution in [0.3, 0.4) is 0 Å². The number of aliphatic hydroxyl groups is 2. The zero-order valence-electron chi connectivity index (χ0n) is 18.5. The van der Waals surface area contributed by atoms with E-state index in [-0.39, 0.29) is 5.60 Å². The van der Waals surface area contributed by atoms with Crippen LogP contribution < -0.4 is 9.47 Å². The fraction of sp³-hybridized carbons (Fsp3) is 0.407. The summed E-state index contributed by atoms with van der Waals surface area (Å²) in [6, 6.07) is 19.9. The van der Waals surface area contributed by atoms with Gasteiger partial charge in [-0.25, -0.2) is 0 Å². The Kier molecular flexibility index (Phi) is 5.80. The summed E-state index contributed by atoms with van der Waals surface area (Å²) in [5.41, 5.74) is 1.44. The summed E-state index contributed by atoms with van der Waals surface area (Å²) in [5, 5.41) is 23.8. The summed E-state index contributed by atoms with van der Waals surface area (Å²) in [6.45, 7) is 4.85. The van der Waals surface area contributed by atoms with Crippen molar-refractivity contribution in [2.75, 3.05) is 26.2 Å². The summed E-state index contributed by atoms with van der Waals surface area (Å²) in [7, 11) is 0. The van der Waals surface area contributed by atoms with E-state index in [0.717, 1.165) is 59.3 Å². The van der Waals surface area contributed by atoms with Crippen molar-refractivity contribution in [3.63, 3.8) is 0 Å². The lowest BCUT2D eigenvalue weighted by Crippen LogP contribution is -2.51. The molecule has 5 rings (SSSR count). The minimum atomic E-state index is -0.540. The maximum absolute atomic E-state index is 10.9. The highest BCUT2D eigenvalue weighted by atomic mass is 16.5. The molecular weight excluding hydrogens is 402 g/mol. The van der Waals surface area contributed by atoms with E-state index < -0.39 is 12.2 Å². The minimum absolute atomic E-state index is 0.350. The van der Waals surface area contributed by atoms with Crippen molar-refractivity contribution in [2.45, 2.75) is 44.0 Å². The summed E-state index contributed by atoms with van der Waals surface area (Å²) >= 11 is 0. The molecule has 1 fully saturated rings. The van der Waals surface area contributed by atoms with E-state index in [0.29, 0.717) is 19.6 Å². The van der Waals surface area contributed by atoms with E-state index >= 15 is 0 Å². The van der Waals surface area contributed by atoms with Crippen LogP contribution >= 0.6 is 0 Å². The zero-order valence-corrected chi connectivity index (χ0v) is 18.5. The highest BCUT2D eigenvalue weighted by molar-refractivity contribution is 5.90. The molecule has 3 aromatic rings. The molecule has 0 amide bonds. The lowest BCUT2D eigenvalue weighted by atomic mass is 9.81. The molecule has 168 valence electrons. The molecule has 1 spiro atoms. The largest absolute Gasteiger partial charge is 0.494 e. The number of rotatable bonds is 5. The second-order valence-electron chi connectivity index (χ2n) is 9.03. The number of piperidine rings is 1. The van der Waals surface area contributed by atoms with E-state index in [1.165, 1.54) is 0 Å². The maximum Gasteiger partial charge on any atom is 0.133 e. The van der Waals surface area contributed by atoms with Crippen LogP contribution in [0.2, 0.25) is 0 Å². The smallest absolute Gasteiger partial charge is 0.133 e. The van der Waals surface area contributed by atoms with Crippen molar-refractivity contribution < 1.29 is 19.7 Å². The Morgan fingerprint density at radius 3 is 2.56 bits per heavy atom. The van der Waals surface area contributed by atoms with Crippen molar-refractivity contribution in [1.29, 1.82) is 0 Å². The predicted octanol–water partition coefficient (Wildman–Crippen LogP) is 4.62. The highest BCUT2D eigenvalue weighted by Crippen LogP contribution is 2.47. The summed E-state index contributed by atoms with van der Waals surface area (Å²) in [5.74, 6) is 1.66. The predicted molar refractivity (Wildman–Crippen MR) is 125 cm³/mol. The maximum atomic E-state index is 10.9. The van der Waals surface area contributed by atoms with Gasteiger partial charge in [0.1, 0.15) is 17.1 Å². The van der Waals surface area contributed by atoms with Gasteiger partial charge in [-0.05, 0) is 42.8 Å². The van der Waals surface area contributed by atoms with Gasteiger partial charge in [0.25, 0.3) is 0 Å². The number of hydrogen-bond acceptors (Lipinski definition) is 5. The normalized spacial score (nSPS) is 21.2. The van der Waals surface area contributed by atoms with Gasteiger partial charge in [0.15, 0.2) is 0 Å². The number of aliphatic hydroxyl groups excluding tert-OH is 2. The van der Waals surface area contributed by atoms with Crippen molar-refractivity contribution in [2.24, 2.45) is 0 Å². The molecule has 2 N–H and O–H groups in total. The molecule has 3 aromatic carbocycles. The van der Waals surface area contributed by atoms with Crippen LogP contribution in [0.5, 0.6) is 11.5 Å². The monoisotopic (exact) mass is 433 g/mol. The minimum Gasteiger partial charge on any atom is -0.494 e. The van der Waals surface area contributed by atoms with Crippen LogP contribution in [0.25, 0.3) is 10.8 Å². The lowest BCUT2D eigenvalue weighted by Gasteiger charge is -2.46. The van der Waals surface area contributed by atoms with Gasteiger partial charge < -0.3 is 24.6 Å². The fourth-order valence-electron chi connectivity index (χ4n) is 5.11. The van der Waals surface area contributed by atoms with Crippen molar-refractivity contribution >= 4 is 10.8 Å². The molecule has 5 heteroatoms. The Hall–Kier alpha value is -2.60. The van der Waals surface area contributed by atoms with Gasteiger partial charge >= 0.3 is 0 Å². The molecule has 0 unspecified atom stereocenters. The molecular formula is C27H31NO4. The molecule has 32 heavy (non-hydrogen) atoms. The first-order valence-corrected chi connectivity index (χ1v) is 11.6. The molecule has 2 heterocycles. The molecule has 0 aliphatic carbocycles. The number of likely N-dealkylation sites (tertiary alicyclic amines) is 1. The van der Waals surface area contributed by atoms with Gasteiger partial charge in [-0.15, -0.1) is 0 Å². The third-order valence-electron chi connectivity index (χ3n) is 6.93. The molecule has 2 aliphatic heterocycles. The SMILES string of the molecule is CCOc1ccc([C@@H](O)CN2CCC3(CC2)C[C@H](O)c2ccc4ccccc4c2O3)cc1. The Bertz CT molecular complexity index is 1070. The first-order valence-electron chi connectivity index (χ1n) is 11.6. The molecule has 5 nitrogen and oxygen atoms in total. The first kappa shape index (κ1) is 21.3. The Morgan fingerprint density at radius 1 is 1.06 bits per heavy atom. The van der Waals surface area contributed by atoms with E-state index in [9.17, 15) is 10.2 Å². The molecule has 0 saturated carbocycles. The first-order chi connectivity index (χ1) is 15.6. The van der Waals surface area contributed by atoms with Crippen LogP contribution in [0.4, 0.5) is 0 Å². The Balaban J connectivity index is 1.26. The van der Waals surface area contributed by atoms with Gasteiger partial charge in [0.2, 0.25) is 0 Å². The molecule has 0 aromatic heterocycles. The number of nitrogens with zero attached hydrogens (tertiary/aromatic N) is 1. The second kappa shape index (κ2) is 8.74. The van der Waals surface area contributed by atoms with Gasteiger partial charge in [0, 0.05) is 37.0 Å². The summed E-state index contributed by atoms with van der Waals surface area (Å²) < 4.78 is 12.1. The van der Waals surface area contributed by atoms with Gasteiger partial charge in [-0.3, -0.25) is 0 Å². The fourth-order valence-corrected chi connectivity index (χ4v) is 5.11. The number of hydrogen-bond donors (Lipinski definition) is 2. The molecule has 2 aliphatic rings. The zero-order chi connectivity index (χ0) is 22.1. The number of β-amino-alcohol motifs (C(OH)–C–C–N with tert-alkyl or cyclic N) is 1. The van der Waals surface area contributed by atoms with E-state index in [4.69, 9.17) is 9.47 Å². The number of fused-ring (bicyclic) bond motifs is 3. The Labute approximate surface area is 189 Å². The topological polar surface area (TPSA) is 62.2 Å². The molecule has 1 saturated heterocycles. The van der Waals surface area contributed by atoms with Crippen LogP contribution in [0.1, 0.15) is 49.5 Å². The third kappa shape index (κ3) is 4.08. The standard InChI is InChI=1S/C27H31NO4/c1-2-31-21-10-7-20(8-11-21)25(30)18-28-15-13-27(14-16-28)17-24(29)23-12-9-19-5-3-4-6-22(19)26(23)32-27/h3-12,24-25,29-30H,2,13-18H2,1H3/t24-,25-/m0/s1. The summed E-state index contributed by atoms with van der Waals surface area (Å²) in [4.78, 5) is 2.29. The summed E-state index contributed by atoms with van der Waals surface area (Å²) in [6.07, 6.45) is 1.24. The van der Waals surface area contributed by atoms with E-state index in [2.05, 4.69) is 23.1 Å². The number of benzene rings is 3. The van der Waals surface area contributed by atoms with Crippen molar-refractivity contribution in [3.8, 4) is 11.5 Å². The average Bonchev–Trinajstić information content (AvgIpc) is 2.81. The van der Waals surface area contributed by atoms with Crippen LogP contribution in [-0.2, 0) is 0 Å². The second-order valence-corrected chi connectivity index (χ2v) is 9.03. The highest BCUT2D eigenvalue weighted by Gasteiger charge is 2.43. The quantitative estimate of drug-likeness (QED) is 0.615. The van der Waals surface area contributed by atoms with Crippen molar-refractivity contribution in [1.82, 2.24) is 4.90 Å². The lowest BCUT2D eigenvalue weighted by molar-refractivity contribution is -0.0577. The van der Waals surface area contributed by atoms with Crippen LogP contribution in [0, 0.1) is 0 Å². The molecule has 2 atom stereocenters. The van der Waals surface area contributed by atoms with Crippen LogP contribution in [-0.4, -0.2) is 47.0 Å². The van der Waals surface area contributed by atoms with Crippen molar-refractivity contribution in [3.05, 3.63) is 71.8 Å². The average molecular weight is 434 g/mol. The van der Waals surface area contributed by atoms with Crippen LogP contribution in [0.15, 0.2) is 60.7 Å². The van der Waals surface area contributed by atoms with Gasteiger partial charge in [-0.1, -0.05) is 48.5 Å². The Morgan fingerprint density at radius 2 is 1.81 bits per heavy atom. The van der Waals surface area contributed by atoms with Gasteiger partial charge in [0.05, 0.1) is 18.8 Å². The van der Waals surface area contributed by atoms with Gasteiger partial charge in [-0.2, -0.15) is 0 Å².